The van der Waals surface area contributed by atoms with E-state index in [0.29, 0.717) is 41.7 Å². The molecule has 1 amide bonds. The van der Waals surface area contributed by atoms with Gasteiger partial charge in [-0.2, -0.15) is 0 Å². The number of benzene rings is 3. The summed E-state index contributed by atoms with van der Waals surface area (Å²) in [4.78, 5) is 26.6. The number of aliphatic hydroxyl groups is 1. The fourth-order valence-corrected chi connectivity index (χ4v) is 8.73. The number of fused-ring (bicyclic) bond motifs is 3. The summed E-state index contributed by atoms with van der Waals surface area (Å²) in [6, 6.07) is 20.1. The number of Topliss-reactive ketones (excluding diaryl/α,β-unsaturated/α-hetero) is 1. The molecule has 0 aromatic heterocycles. The fraction of sp³-hybridized carbons (Fsp3) is 0.512. The van der Waals surface area contributed by atoms with Crippen LogP contribution < -0.4 is 5.73 Å². The summed E-state index contributed by atoms with van der Waals surface area (Å²) >= 11 is 5.92. The predicted octanol–water partition coefficient (Wildman–Crippen LogP) is 8.73. The van der Waals surface area contributed by atoms with Crippen molar-refractivity contribution >= 4 is 23.3 Å². The number of aryl methyl sites for hydroxylation is 1. The summed E-state index contributed by atoms with van der Waals surface area (Å²) in [6.07, 6.45) is 7.93. The summed E-state index contributed by atoms with van der Waals surface area (Å²) in [7, 11) is 0. The first-order chi connectivity index (χ1) is 22.7. The van der Waals surface area contributed by atoms with Gasteiger partial charge in [-0.3, -0.25) is 9.59 Å². The lowest BCUT2D eigenvalue weighted by Crippen LogP contribution is -2.54. The van der Waals surface area contributed by atoms with E-state index in [1.54, 1.807) is 0 Å². The van der Waals surface area contributed by atoms with Gasteiger partial charge in [0.2, 0.25) is 5.91 Å². The van der Waals surface area contributed by atoms with Crippen molar-refractivity contribution in [2.75, 3.05) is 19.6 Å². The van der Waals surface area contributed by atoms with Gasteiger partial charge < -0.3 is 15.7 Å². The summed E-state index contributed by atoms with van der Waals surface area (Å²) in [6.45, 7) is 11.4. The van der Waals surface area contributed by atoms with Gasteiger partial charge >= 0.3 is 0 Å². The molecule has 5 nitrogen and oxygen atoms in total. The molecule has 0 bridgehead atoms. The molecule has 48 heavy (non-hydrogen) atoms. The highest BCUT2D eigenvalue weighted by Crippen LogP contribution is 2.57. The number of likely N-dealkylation sites (tertiary alicyclic amines) is 1. The average molecular weight is 675 g/mol. The highest BCUT2D eigenvalue weighted by molar-refractivity contribution is 6.30. The minimum absolute atomic E-state index is 0.0414. The van der Waals surface area contributed by atoms with E-state index in [9.17, 15) is 19.1 Å². The van der Waals surface area contributed by atoms with Crippen molar-refractivity contribution in [3.8, 4) is 0 Å². The molecule has 1 heterocycles. The van der Waals surface area contributed by atoms with Gasteiger partial charge in [0, 0.05) is 35.5 Å². The topological polar surface area (TPSA) is 83.6 Å². The Balaban J connectivity index is 0.000000190. The predicted molar refractivity (Wildman–Crippen MR) is 192 cm³/mol. The standard InChI is InChI=1S/C21H23ClFNO2.C20H29NO/c22-18-7-5-17(6-8-18)21(26)11-14-24(15-12-21)13-1-2-20(25)16-3-9-19(23)10-4-16;1-13(2)14-6-8-16-15(12-14)7-9-17-19(16,3)10-5-11-20(17,4)18(21)22/h3-10,26H,1-2,11-15H2;6,8,12-13,17H,5,7,9-11H2,1-4H3,(H2,21,22). The highest BCUT2D eigenvalue weighted by Gasteiger charge is 2.54. The van der Waals surface area contributed by atoms with Crippen LogP contribution in [0.3, 0.4) is 0 Å². The number of halogens is 2. The number of primary amides is 1. The van der Waals surface area contributed by atoms with Crippen LogP contribution in [0, 0.1) is 17.2 Å². The smallest absolute Gasteiger partial charge is 0.223 e. The van der Waals surface area contributed by atoms with E-state index in [4.69, 9.17) is 17.3 Å². The minimum Gasteiger partial charge on any atom is -0.385 e. The quantitative estimate of drug-likeness (QED) is 0.234. The first kappa shape index (κ1) is 36.2. The number of nitrogens with two attached hydrogens (primary N) is 1. The van der Waals surface area contributed by atoms with Crippen molar-refractivity contribution in [2.45, 2.75) is 102 Å². The lowest BCUT2D eigenvalue weighted by molar-refractivity contribution is -0.135. The largest absolute Gasteiger partial charge is 0.385 e. The van der Waals surface area contributed by atoms with Gasteiger partial charge in [-0.25, -0.2) is 4.39 Å². The number of hydrogen-bond acceptors (Lipinski definition) is 4. The van der Waals surface area contributed by atoms with E-state index >= 15 is 0 Å². The number of rotatable bonds is 8. The first-order valence-electron chi connectivity index (χ1n) is 17.7. The molecule has 1 saturated heterocycles. The first-order valence-corrected chi connectivity index (χ1v) is 18.1. The zero-order valence-electron chi connectivity index (χ0n) is 29.0. The second-order valence-corrected chi connectivity index (χ2v) is 15.6. The zero-order valence-corrected chi connectivity index (χ0v) is 29.8. The third-order valence-electron chi connectivity index (χ3n) is 11.7. The van der Waals surface area contributed by atoms with Crippen molar-refractivity contribution in [1.29, 1.82) is 0 Å². The van der Waals surface area contributed by atoms with Crippen molar-refractivity contribution in [3.05, 3.63) is 105 Å². The number of amides is 1. The Morgan fingerprint density at radius 3 is 2.27 bits per heavy atom. The maximum atomic E-state index is 12.9. The van der Waals surface area contributed by atoms with Crippen LogP contribution in [-0.2, 0) is 22.2 Å². The van der Waals surface area contributed by atoms with Crippen LogP contribution >= 0.6 is 11.6 Å². The molecule has 3 aromatic rings. The number of carbonyl (C=O) groups excluding carboxylic acids is 2. The highest BCUT2D eigenvalue weighted by atomic mass is 35.5. The molecule has 7 heteroatoms. The molecule has 258 valence electrons. The van der Waals surface area contributed by atoms with E-state index in [1.165, 1.54) is 47.4 Å². The van der Waals surface area contributed by atoms with Gasteiger partial charge in [-0.05, 0) is 127 Å². The van der Waals surface area contributed by atoms with Gasteiger partial charge in [0.1, 0.15) is 5.82 Å². The van der Waals surface area contributed by atoms with Gasteiger partial charge in [0.15, 0.2) is 5.78 Å². The second kappa shape index (κ2) is 14.8. The van der Waals surface area contributed by atoms with Crippen LogP contribution in [0.1, 0.15) is 118 Å². The zero-order chi connectivity index (χ0) is 34.7. The molecule has 3 aromatic carbocycles. The van der Waals surface area contributed by atoms with E-state index in [1.807, 2.05) is 24.3 Å². The summed E-state index contributed by atoms with van der Waals surface area (Å²) in [5, 5.41) is 11.5. The molecule has 1 saturated carbocycles. The third-order valence-corrected chi connectivity index (χ3v) is 12.0. The van der Waals surface area contributed by atoms with Crippen molar-refractivity contribution in [1.82, 2.24) is 4.90 Å². The van der Waals surface area contributed by atoms with Crippen LogP contribution in [-0.4, -0.2) is 41.3 Å². The number of hydrogen-bond donors (Lipinski definition) is 2. The SMILES string of the molecule is CC(C)c1ccc2c(c1)CCC1C(C)(C(N)=O)CCCC21C.O=C(CCCN1CCC(O)(c2ccc(Cl)cc2)CC1)c1ccc(F)cc1. The van der Waals surface area contributed by atoms with E-state index in [2.05, 4.69) is 50.8 Å². The average Bonchev–Trinajstić information content (AvgIpc) is 3.06. The lowest BCUT2D eigenvalue weighted by atomic mass is 9.49. The molecule has 3 atom stereocenters. The Morgan fingerprint density at radius 1 is 0.979 bits per heavy atom. The van der Waals surface area contributed by atoms with Gasteiger partial charge in [-0.15, -0.1) is 0 Å². The Labute approximate surface area is 291 Å². The Hall–Kier alpha value is -3.06. The fourth-order valence-electron chi connectivity index (χ4n) is 8.60. The summed E-state index contributed by atoms with van der Waals surface area (Å²) < 4.78 is 12.9. The molecule has 1 aliphatic heterocycles. The van der Waals surface area contributed by atoms with Crippen molar-refractivity contribution in [2.24, 2.45) is 17.1 Å². The van der Waals surface area contributed by atoms with Gasteiger partial charge in [-0.1, -0.05) is 76.0 Å². The summed E-state index contributed by atoms with van der Waals surface area (Å²) in [5.74, 6) is 0.551. The number of ketones is 1. The number of nitrogens with zero attached hydrogens (tertiary/aromatic N) is 1. The molecule has 2 aliphatic carbocycles. The minimum atomic E-state index is -0.801. The van der Waals surface area contributed by atoms with Crippen molar-refractivity contribution in [3.63, 3.8) is 0 Å². The van der Waals surface area contributed by atoms with Crippen LogP contribution in [0.5, 0.6) is 0 Å². The molecule has 0 radical (unpaired) electrons. The molecular formula is C41H52ClFN2O3. The molecule has 3 unspecified atom stereocenters. The molecule has 6 rings (SSSR count). The van der Waals surface area contributed by atoms with Crippen molar-refractivity contribution < 1.29 is 19.1 Å². The monoisotopic (exact) mass is 674 g/mol. The van der Waals surface area contributed by atoms with Crippen LogP contribution in [0.2, 0.25) is 5.02 Å². The van der Waals surface area contributed by atoms with Gasteiger partial charge in [0.05, 0.1) is 5.60 Å². The van der Waals surface area contributed by atoms with Crippen LogP contribution in [0.4, 0.5) is 4.39 Å². The normalized spacial score (nSPS) is 25.0. The number of carbonyl (C=O) groups is 2. The Kier molecular flexibility index (Phi) is 11.2. The third kappa shape index (κ3) is 7.72. The molecule has 3 N–H and O–H groups in total. The Morgan fingerprint density at radius 2 is 1.65 bits per heavy atom. The number of piperidine rings is 1. The molecule has 0 spiro atoms. The molecule has 3 aliphatic rings. The van der Waals surface area contributed by atoms with Crippen LogP contribution in [0.25, 0.3) is 0 Å². The summed E-state index contributed by atoms with van der Waals surface area (Å²) in [5.41, 5.74) is 10.6. The maximum Gasteiger partial charge on any atom is 0.223 e. The van der Waals surface area contributed by atoms with E-state index in [-0.39, 0.29) is 28.3 Å². The van der Waals surface area contributed by atoms with Gasteiger partial charge in [0.25, 0.3) is 0 Å². The maximum absolute atomic E-state index is 12.9. The second-order valence-electron chi connectivity index (χ2n) is 15.1. The molecular weight excluding hydrogens is 623 g/mol. The van der Waals surface area contributed by atoms with Crippen LogP contribution in [0.15, 0.2) is 66.7 Å². The molecule has 2 fully saturated rings. The lowest BCUT2D eigenvalue weighted by Gasteiger charge is -2.54. The van der Waals surface area contributed by atoms with E-state index in [0.717, 1.165) is 57.3 Å². The Bertz CT molecular complexity index is 1580. The van der Waals surface area contributed by atoms with E-state index < -0.39 is 5.60 Å².